The summed E-state index contributed by atoms with van der Waals surface area (Å²) in [7, 11) is 1.72. The lowest BCUT2D eigenvalue weighted by Gasteiger charge is -2.05. The number of para-hydroxylation sites is 1. The van der Waals surface area contributed by atoms with Gasteiger partial charge in [-0.25, -0.2) is 0 Å². The lowest BCUT2D eigenvalue weighted by molar-refractivity contribution is 0.410. The maximum absolute atomic E-state index is 5.25. The van der Waals surface area contributed by atoms with Crippen LogP contribution in [-0.2, 0) is 6.42 Å². The van der Waals surface area contributed by atoms with Gasteiger partial charge in [0, 0.05) is 0 Å². The summed E-state index contributed by atoms with van der Waals surface area (Å²) in [6.45, 7) is 0. The summed E-state index contributed by atoms with van der Waals surface area (Å²) >= 11 is 0. The van der Waals surface area contributed by atoms with Crippen molar-refractivity contribution in [3.63, 3.8) is 0 Å². The second kappa shape index (κ2) is 3.02. The van der Waals surface area contributed by atoms with Crippen LogP contribution in [0.1, 0.15) is 12.0 Å². The zero-order chi connectivity index (χ0) is 8.39. The fourth-order valence-electron chi connectivity index (χ4n) is 1.31. The first kappa shape index (κ1) is 7.41. The Kier molecular flexibility index (Phi) is 1.86. The molecule has 0 atom stereocenters. The SMILES string of the molecule is COc1ccccc1CC1=CC1. The van der Waals surface area contributed by atoms with Gasteiger partial charge in [0.25, 0.3) is 0 Å². The summed E-state index contributed by atoms with van der Waals surface area (Å²) in [6.07, 6.45) is 4.51. The number of ether oxygens (including phenoxy) is 1. The van der Waals surface area contributed by atoms with E-state index in [-0.39, 0.29) is 0 Å². The number of hydrogen-bond acceptors (Lipinski definition) is 1. The number of methoxy groups -OCH3 is 1. The van der Waals surface area contributed by atoms with Crippen LogP contribution in [0.3, 0.4) is 0 Å². The molecule has 0 heterocycles. The molecule has 1 aromatic carbocycles. The third kappa shape index (κ3) is 1.50. The van der Waals surface area contributed by atoms with Crippen LogP contribution in [0, 0.1) is 0 Å². The molecule has 1 nitrogen and oxygen atoms in total. The highest BCUT2D eigenvalue weighted by Crippen LogP contribution is 2.27. The van der Waals surface area contributed by atoms with Crippen LogP contribution in [-0.4, -0.2) is 7.11 Å². The lowest BCUT2D eigenvalue weighted by Crippen LogP contribution is -1.90. The van der Waals surface area contributed by atoms with Crippen LogP contribution in [0.25, 0.3) is 0 Å². The molecule has 2 rings (SSSR count). The Balaban J connectivity index is 2.21. The maximum Gasteiger partial charge on any atom is 0.122 e. The Morgan fingerprint density at radius 2 is 2.08 bits per heavy atom. The molecule has 1 aromatic rings. The van der Waals surface area contributed by atoms with Gasteiger partial charge in [-0.15, -0.1) is 0 Å². The lowest BCUT2D eigenvalue weighted by atomic mass is 10.1. The first-order valence-electron chi connectivity index (χ1n) is 4.20. The van der Waals surface area contributed by atoms with E-state index in [9.17, 15) is 0 Å². The van der Waals surface area contributed by atoms with Crippen LogP contribution in [0.15, 0.2) is 35.9 Å². The van der Waals surface area contributed by atoms with Gasteiger partial charge in [-0.1, -0.05) is 29.8 Å². The van der Waals surface area contributed by atoms with E-state index in [1.54, 1.807) is 7.11 Å². The number of allylic oxidation sites excluding steroid dienone is 2. The van der Waals surface area contributed by atoms with Crippen LogP contribution in [0.5, 0.6) is 5.75 Å². The van der Waals surface area contributed by atoms with Gasteiger partial charge in [-0.3, -0.25) is 0 Å². The Bertz CT molecular complexity index is 313. The minimum absolute atomic E-state index is 1.00. The van der Waals surface area contributed by atoms with E-state index < -0.39 is 0 Å². The minimum atomic E-state index is 1.00. The van der Waals surface area contributed by atoms with Gasteiger partial charge in [-0.2, -0.15) is 0 Å². The van der Waals surface area contributed by atoms with Crippen molar-refractivity contribution >= 4 is 0 Å². The van der Waals surface area contributed by atoms with E-state index in [1.807, 2.05) is 12.1 Å². The fraction of sp³-hybridized carbons (Fsp3) is 0.273. The summed E-state index contributed by atoms with van der Waals surface area (Å²) in [4.78, 5) is 0. The first-order valence-corrected chi connectivity index (χ1v) is 4.20. The van der Waals surface area contributed by atoms with Crippen LogP contribution in [0.4, 0.5) is 0 Å². The van der Waals surface area contributed by atoms with Crippen molar-refractivity contribution in [2.75, 3.05) is 7.11 Å². The van der Waals surface area contributed by atoms with E-state index in [0.717, 1.165) is 12.2 Å². The van der Waals surface area contributed by atoms with Crippen molar-refractivity contribution in [1.82, 2.24) is 0 Å². The Labute approximate surface area is 72.7 Å². The maximum atomic E-state index is 5.25. The molecule has 0 saturated heterocycles. The smallest absolute Gasteiger partial charge is 0.122 e. The van der Waals surface area contributed by atoms with Gasteiger partial charge >= 0.3 is 0 Å². The third-order valence-electron chi connectivity index (χ3n) is 2.10. The summed E-state index contributed by atoms with van der Waals surface area (Å²) in [6, 6.07) is 8.20. The molecule has 1 aliphatic carbocycles. The standard InChI is InChI=1S/C11H12O/c1-12-11-5-3-2-4-10(11)8-9-6-7-9/h2-6H,7-8H2,1H3. The van der Waals surface area contributed by atoms with E-state index in [4.69, 9.17) is 4.74 Å². The molecule has 0 amide bonds. The van der Waals surface area contributed by atoms with Crippen molar-refractivity contribution in [2.24, 2.45) is 0 Å². The summed E-state index contributed by atoms with van der Waals surface area (Å²) in [5.41, 5.74) is 2.82. The molecule has 0 spiro atoms. The van der Waals surface area contributed by atoms with E-state index in [0.29, 0.717) is 0 Å². The van der Waals surface area contributed by atoms with Gasteiger partial charge < -0.3 is 4.74 Å². The van der Waals surface area contributed by atoms with Crippen LogP contribution >= 0.6 is 0 Å². The molecular formula is C11H12O. The molecule has 1 heteroatoms. The van der Waals surface area contributed by atoms with E-state index in [1.165, 1.54) is 17.6 Å². The molecule has 0 unspecified atom stereocenters. The highest BCUT2D eigenvalue weighted by Gasteiger charge is 2.10. The van der Waals surface area contributed by atoms with Gasteiger partial charge in [0.05, 0.1) is 7.11 Å². The number of rotatable bonds is 3. The van der Waals surface area contributed by atoms with Gasteiger partial charge in [0.1, 0.15) is 5.75 Å². The molecule has 0 N–H and O–H groups in total. The summed E-state index contributed by atoms with van der Waals surface area (Å²) in [5, 5.41) is 0. The third-order valence-corrected chi connectivity index (χ3v) is 2.10. The summed E-state index contributed by atoms with van der Waals surface area (Å²) in [5.74, 6) is 1.00. The largest absolute Gasteiger partial charge is 0.496 e. The van der Waals surface area contributed by atoms with Crippen molar-refractivity contribution in [2.45, 2.75) is 12.8 Å². The second-order valence-electron chi connectivity index (χ2n) is 3.06. The van der Waals surface area contributed by atoms with E-state index >= 15 is 0 Å². The highest BCUT2D eigenvalue weighted by atomic mass is 16.5. The summed E-state index contributed by atoms with van der Waals surface area (Å²) < 4.78 is 5.25. The minimum Gasteiger partial charge on any atom is -0.496 e. The first-order chi connectivity index (χ1) is 5.90. The molecule has 62 valence electrons. The van der Waals surface area contributed by atoms with Crippen LogP contribution < -0.4 is 4.74 Å². The molecule has 0 aliphatic heterocycles. The van der Waals surface area contributed by atoms with Gasteiger partial charge in [-0.05, 0) is 24.5 Å². The topological polar surface area (TPSA) is 9.23 Å². The fourth-order valence-corrected chi connectivity index (χ4v) is 1.31. The van der Waals surface area contributed by atoms with Crippen molar-refractivity contribution in [3.8, 4) is 5.75 Å². The van der Waals surface area contributed by atoms with Crippen molar-refractivity contribution in [1.29, 1.82) is 0 Å². The van der Waals surface area contributed by atoms with Gasteiger partial charge in [0.2, 0.25) is 0 Å². The Morgan fingerprint density at radius 3 is 2.75 bits per heavy atom. The molecule has 0 bridgehead atoms. The highest BCUT2D eigenvalue weighted by molar-refractivity contribution is 5.39. The Hall–Kier alpha value is -1.24. The normalized spacial score (nSPS) is 13.9. The second-order valence-corrected chi connectivity index (χ2v) is 3.06. The average molecular weight is 160 g/mol. The van der Waals surface area contributed by atoms with E-state index in [2.05, 4.69) is 18.2 Å². The molecule has 0 radical (unpaired) electrons. The molecule has 0 fully saturated rings. The monoisotopic (exact) mass is 160 g/mol. The van der Waals surface area contributed by atoms with Crippen LogP contribution in [0.2, 0.25) is 0 Å². The Morgan fingerprint density at radius 1 is 1.33 bits per heavy atom. The van der Waals surface area contributed by atoms with Crippen molar-refractivity contribution in [3.05, 3.63) is 41.5 Å². The number of benzene rings is 1. The zero-order valence-electron chi connectivity index (χ0n) is 7.21. The number of hydrogen-bond donors (Lipinski definition) is 0. The van der Waals surface area contributed by atoms with Crippen molar-refractivity contribution < 1.29 is 4.74 Å². The molecule has 1 aliphatic rings. The molecule has 0 saturated carbocycles. The molecule has 0 aromatic heterocycles. The van der Waals surface area contributed by atoms with Gasteiger partial charge in [0.15, 0.2) is 0 Å². The quantitative estimate of drug-likeness (QED) is 0.617. The predicted octanol–water partition coefficient (Wildman–Crippen LogP) is 2.57. The zero-order valence-corrected chi connectivity index (χ0v) is 7.21. The predicted molar refractivity (Wildman–Crippen MR) is 49.4 cm³/mol. The average Bonchev–Trinajstić information content (AvgIpc) is 2.89. The molecular weight excluding hydrogens is 148 g/mol. The molecule has 12 heavy (non-hydrogen) atoms.